The Kier molecular flexibility index (Phi) is 7.81. The summed E-state index contributed by atoms with van der Waals surface area (Å²) in [6.45, 7) is 1.63. The molecule has 0 radical (unpaired) electrons. The Balaban J connectivity index is 1.54. The summed E-state index contributed by atoms with van der Waals surface area (Å²) >= 11 is 9.17. The monoisotopic (exact) mass is 500 g/mol. The number of rotatable bonds is 7. The summed E-state index contributed by atoms with van der Waals surface area (Å²) < 4.78 is 11.9. The molecule has 0 aliphatic rings. The van der Waals surface area contributed by atoms with Gasteiger partial charge in [-0.25, -0.2) is 10.2 Å². The maximum Gasteiger partial charge on any atom is 0.343 e. The van der Waals surface area contributed by atoms with Crippen LogP contribution in [0, 0.1) is 0 Å². The summed E-state index contributed by atoms with van der Waals surface area (Å²) in [5.41, 5.74) is 3.46. The van der Waals surface area contributed by atoms with Crippen molar-refractivity contribution in [2.75, 3.05) is 0 Å². The molecular weight excluding hydrogens is 484 g/mol. The van der Waals surface area contributed by atoms with Crippen LogP contribution in [-0.4, -0.2) is 24.2 Å². The highest BCUT2D eigenvalue weighted by molar-refractivity contribution is 9.10. The maximum absolute atomic E-state index is 12.2. The molecule has 0 aliphatic heterocycles. The van der Waals surface area contributed by atoms with Crippen LogP contribution in [0.3, 0.4) is 0 Å². The number of carbonyl (C=O) groups excluding carboxylic acids is 2. The van der Waals surface area contributed by atoms with Gasteiger partial charge in [0.1, 0.15) is 11.5 Å². The van der Waals surface area contributed by atoms with Gasteiger partial charge in [0.2, 0.25) is 0 Å². The molecule has 158 valence electrons. The molecular formula is C23H18BrClN2O4. The van der Waals surface area contributed by atoms with E-state index in [0.717, 1.165) is 4.47 Å². The number of ether oxygens (including phenoxy) is 2. The van der Waals surface area contributed by atoms with Gasteiger partial charge in [0.15, 0.2) is 6.10 Å². The Hall–Kier alpha value is -3.16. The topological polar surface area (TPSA) is 77.0 Å². The van der Waals surface area contributed by atoms with Crippen LogP contribution in [0.5, 0.6) is 11.5 Å². The molecule has 0 aromatic heterocycles. The average Bonchev–Trinajstić information content (AvgIpc) is 2.76. The lowest BCUT2D eigenvalue weighted by Crippen LogP contribution is -2.33. The smallest absolute Gasteiger partial charge is 0.343 e. The fourth-order valence-corrected chi connectivity index (χ4v) is 2.83. The van der Waals surface area contributed by atoms with Gasteiger partial charge in [-0.15, -0.1) is 0 Å². The third-order valence-electron chi connectivity index (χ3n) is 4.03. The fraction of sp³-hybridized carbons (Fsp3) is 0.0870. The highest BCUT2D eigenvalue weighted by Gasteiger charge is 2.14. The quantitative estimate of drug-likeness (QED) is 0.208. The van der Waals surface area contributed by atoms with Crippen molar-refractivity contribution in [2.24, 2.45) is 5.10 Å². The van der Waals surface area contributed by atoms with Crippen LogP contribution in [-0.2, 0) is 4.79 Å². The van der Waals surface area contributed by atoms with Crippen molar-refractivity contribution in [3.63, 3.8) is 0 Å². The minimum Gasteiger partial charge on any atom is -0.481 e. The third kappa shape index (κ3) is 6.94. The summed E-state index contributed by atoms with van der Waals surface area (Å²) in [5, 5.41) is 4.47. The number of halogens is 2. The molecule has 1 amide bonds. The zero-order valence-corrected chi connectivity index (χ0v) is 18.8. The molecule has 3 aromatic carbocycles. The van der Waals surface area contributed by atoms with E-state index in [-0.39, 0.29) is 0 Å². The first-order chi connectivity index (χ1) is 14.9. The van der Waals surface area contributed by atoms with Crippen molar-refractivity contribution in [3.8, 4) is 11.5 Å². The van der Waals surface area contributed by atoms with E-state index < -0.39 is 18.0 Å². The molecule has 1 unspecified atom stereocenters. The molecule has 3 aromatic rings. The number of nitrogens with zero attached hydrogens (tertiary/aromatic N) is 1. The lowest BCUT2D eigenvalue weighted by Gasteiger charge is -2.12. The first-order valence-electron chi connectivity index (χ1n) is 9.23. The van der Waals surface area contributed by atoms with E-state index in [2.05, 4.69) is 26.5 Å². The summed E-state index contributed by atoms with van der Waals surface area (Å²) in [6, 6.07) is 20.3. The molecule has 0 heterocycles. The largest absolute Gasteiger partial charge is 0.481 e. The van der Waals surface area contributed by atoms with E-state index in [9.17, 15) is 9.59 Å². The molecule has 0 bridgehead atoms. The van der Waals surface area contributed by atoms with Crippen molar-refractivity contribution >= 4 is 45.6 Å². The lowest BCUT2D eigenvalue weighted by molar-refractivity contribution is -0.127. The maximum atomic E-state index is 12.2. The molecule has 0 aliphatic carbocycles. The van der Waals surface area contributed by atoms with Crippen molar-refractivity contribution < 1.29 is 19.1 Å². The number of benzene rings is 3. The second kappa shape index (κ2) is 10.7. The zero-order valence-electron chi connectivity index (χ0n) is 16.4. The Labute approximate surface area is 193 Å². The van der Waals surface area contributed by atoms with Gasteiger partial charge >= 0.3 is 5.97 Å². The van der Waals surface area contributed by atoms with Crippen molar-refractivity contribution in [3.05, 3.63) is 93.4 Å². The lowest BCUT2D eigenvalue weighted by atomic mass is 10.2. The van der Waals surface area contributed by atoms with E-state index >= 15 is 0 Å². The summed E-state index contributed by atoms with van der Waals surface area (Å²) in [4.78, 5) is 24.4. The summed E-state index contributed by atoms with van der Waals surface area (Å²) in [6.07, 6.45) is 0.717. The van der Waals surface area contributed by atoms with Crippen molar-refractivity contribution in [1.29, 1.82) is 0 Å². The molecule has 0 saturated heterocycles. The number of hydrazone groups is 1. The molecule has 3 rings (SSSR count). The Bertz CT molecular complexity index is 1090. The van der Waals surface area contributed by atoms with Crippen LogP contribution >= 0.6 is 27.5 Å². The van der Waals surface area contributed by atoms with E-state index in [1.165, 1.54) is 6.21 Å². The molecule has 31 heavy (non-hydrogen) atoms. The van der Waals surface area contributed by atoms with Crippen LogP contribution in [0.1, 0.15) is 22.8 Å². The van der Waals surface area contributed by atoms with Crippen LogP contribution in [0.4, 0.5) is 0 Å². The molecule has 0 fully saturated rings. The van der Waals surface area contributed by atoms with E-state index in [1.54, 1.807) is 67.6 Å². The molecule has 1 N–H and O–H groups in total. The van der Waals surface area contributed by atoms with E-state index in [4.69, 9.17) is 21.1 Å². The number of esters is 1. The second-order valence-corrected chi connectivity index (χ2v) is 7.77. The predicted molar refractivity (Wildman–Crippen MR) is 123 cm³/mol. The molecule has 0 saturated carbocycles. The van der Waals surface area contributed by atoms with Gasteiger partial charge in [0, 0.05) is 9.50 Å². The molecule has 8 heteroatoms. The van der Waals surface area contributed by atoms with Crippen LogP contribution in [0.25, 0.3) is 0 Å². The third-order valence-corrected chi connectivity index (χ3v) is 4.81. The number of amides is 1. The standard InChI is InChI=1S/C23H18BrClN2O4/c1-15(30-20-11-7-18(24)8-12-20)22(28)27-26-14-16-3-2-4-21(13-16)31-23(29)17-5-9-19(25)10-6-17/h2-15H,1H3,(H,27,28)/b26-14+. The number of hydrogen-bond donors (Lipinski definition) is 1. The van der Waals surface area contributed by atoms with Gasteiger partial charge in [0.25, 0.3) is 5.91 Å². The highest BCUT2D eigenvalue weighted by Crippen LogP contribution is 2.18. The van der Waals surface area contributed by atoms with Crippen molar-refractivity contribution in [2.45, 2.75) is 13.0 Å². The van der Waals surface area contributed by atoms with Gasteiger partial charge in [-0.05, 0) is 73.2 Å². The molecule has 0 spiro atoms. The minimum absolute atomic E-state index is 0.349. The van der Waals surface area contributed by atoms with Crippen LogP contribution < -0.4 is 14.9 Å². The summed E-state index contributed by atoms with van der Waals surface area (Å²) in [5.74, 6) is 0.0228. The molecule has 6 nitrogen and oxygen atoms in total. The average molecular weight is 502 g/mol. The Morgan fingerprint density at radius 2 is 1.74 bits per heavy atom. The van der Waals surface area contributed by atoms with Crippen molar-refractivity contribution in [1.82, 2.24) is 5.43 Å². The van der Waals surface area contributed by atoms with E-state index in [1.807, 2.05) is 12.1 Å². The first-order valence-corrected chi connectivity index (χ1v) is 10.4. The highest BCUT2D eigenvalue weighted by atomic mass is 79.9. The first kappa shape index (κ1) is 22.5. The summed E-state index contributed by atoms with van der Waals surface area (Å²) in [7, 11) is 0. The Morgan fingerprint density at radius 3 is 2.45 bits per heavy atom. The van der Waals surface area contributed by atoms with Gasteiger partial charge in [-0.2, -0.15) is 5.10 Å². The fourth-order valence-electron chi connectivity index (χ4n) is 2.44. The van der Waals surface area contributed by atoms with Gasteiger partial charge < -0.3 is 9.47 Å². The normalized spacial score (nSPS) is 11.7. The number of hydrogen-bond acceptors (Lipinski definition) is 5. The number of carbonyl (C=O) groups is 2. The van der Waals surface area contributed by atoms with E-state index in [0.29, 0.717) is 27.6 Å². The van der Waals surface area contributed by atoms with Gasteiger partial charge in [0.05, 0.1) is 11.8 Å². The zero-order chi connectivity index (χ0) is 22.2. The second-order valence-electron chi connectivity index (χ2n) is 6.42. The van der Waals surface area contributed by atoms with Gasteiger partial charge in [-0.1, -0.05) is 39.7 Å². The minimum atomic E-state index is -0.731. The SMILES string of the molecule is CC(Oc1ccc(Br)cc1)C(=O)N/N=C/c1cccc(OC(=O)c2ccc(Cl)cc2)c1. The van der Waals surface area contributed by atoms with Gasteiger partial charge in [-0.3, -0.25) is 4.79 Å². The molecule has 1 atom stereocenters. The number of nitrogens with one attached hydrogen (secondary N) is 1. The predicted octanol–water partition coefficient (Wildman–Crippen LogP) is 5.24. The Morgan fingerprint density at radius 1 is 1.03 bits per heavy atom. The van der Waals surface area contributed by atoms with Crippen LogP contribution in [0.15, 0.2) is 82.4 Å². The van der Waals surface area contributed by atoms with Crippen LogP contribution in [0.2, 0.25) is 5.02 Å².